The van der Waals surface area contributed by atoms with Gasteiger partial charge in [-0.3, -0.25) is 14.5 Å². The number of benzene rings is 4. The quantitative estimate of drug-likeness (QED) is 0.0640. The van der Waals surface area contributed by atoms with Gasteiger partial charge < -0.3 is 36.1 Å². The van der Waals surface area contributed by atoms with Gasteiger partial charge in [0.15, 0.2) is 6.29 Å². The molecule has 2 aliphatic heterocycles. The maximum atomic E-state index is 12.6. The van der Waals surface area contributed by atoms with Gasteiger partial charge in [0, 0.05) is 44.0 Å². The number of carbonyl (C=O) groups is 2. The Hall–Kier alpha value is -4.58. The van der Waals surface area contributed by atoms with E-state index in [0.29, 0.717) is 50.0 Å². The highest BCUT2D eigenvalue weighted by Crippen LogP contribution is 2.39. The van der Waals surface area contributed by atoms with Crippen LogP contribution < -0.4 is 16.4 Å². The van der Waals surface area contributed by atoms with E-state index in [1.165, 1.54) is 0 Å². The fraction of sp³-hybridized carbons (Fsp3) is 0.395. The number of rotatable bonds is 16. The van der Waals surface area contributed by atoms with Crippen LogP contribution in [0, 0.1) is 0 Å². The Balaban J connectivity index is 1.000. The van der Waals surface area contributed by atoms with E-state index < -0.39 is 6.29 Å². The average molecular weight is 721 g/mol. The number of carbonyl (C=O) groups excluding carboxylic acids is 2. The van der Waals surface area contributed by atoms with Crippen molar-refractivity contribution in [2.24, 2.45) is 0 Å². The highest BCUT2D eigenvalue weighted by Gasteiger charge is 2.35. The van der Waals surface area contributed by atoms with E-state index in [1.807, 2.05) is 48.5 Å². The number of para-hydroxylation sites is 2. The van der Waals surface area contributed by atoms with Crippen LogP contribution in [0.1, 0.15) is 86.0 Å². The minimum atomic E-state index is -0.548. The molecule has 2 amide bonds. The average Bonchev–Trinajstić information content (AvgIpc) is 3.65. The van der Waals surface area contributed by atoms with Crippen molar-refractivity contribution in [1.29, 1.82) is 0 Å². The molecule has 2 heterocycles. The van der Waals surface area contributed by atoms with Gasteiger partial charge >= 0.3 is 0 Å². The van der Waals surface area contributed by atoms with Crippen LogP contribution in [0.5, 0.6) is 0 Å². The van der Waals surface area contributed by atoms with Crippen LogP contribution in [0.3, 0.4) is 0 Å². The number of aliphatic hydroxyl groups is 2. The molecule has 0 unspecified atom stereocenters. The van der Waals surface area contributed by atoms with Crippen molar-refractivity contribution in [1.82, 2.24) is 10.2 Å². The molecule has 4 atom stereocenters. The van der Waals surface area contributed by atoms with Gasteiger partial charge in [0.1, 0.15) is 0 Å². The molecule has 2 saturated heterocycles. The number of likely N-dealkylation sites (tertiary alicyclic amines) is 1. The number of aliphatic hydroxyl groups excluding tert-OH is 2. The summed E-state index contributed by atoms with van der Waals surface area (Å²) in [6, 6.07) is 31.7. The van der Waals surface area contributed by atoms with E-state index in [4.69, 9.17) is 15.2 Å². The molecule has 0 saturated carbocycles. The molecule has 0 aliphatic carbocycles. The third-order valence-electron chi connectivity index (χ3n) is 10.2. The summed E-state index contributed by atoms with van der Waals surface area (Å²) in [5, 5.41) is 25.3. The summed E-state index contributed by atoms with van der Waals surface area (Å²) in [4.78, 5) is 27.1. The van der Waals surface area contributed by atoms with Crippen molar-refractivity contribution in [2.75, 3.05) is 30.7 Å². The van der Waals surface area contributed by atoms with Crippen LogP contribution >= 0.6 is 0 Å². The second kappa shape index (κ2) is 19.0. The summed E-state index contributed by atoms with van der Waals surface area (Å²) in [7, 11) is 0. The maximum absolute atomic E-state index is 12.6. The molecule has 0 aromatic heterocycles. The Labute approximate surface area is 312 Å². The normalized spacial score (nSPS) is 20.3. The Morgan fingerprint density at radius 2 is 1.55 bits per heavy atom. The summed E-state index contributed by atoms with van der Waals surface area (Å²) in [5.74, 6) is -0.0850. The topological polar surface area (TPSA) is 146 Å². The number of hydrogen-bond acceptors (Lipinski definition) is 8. The number of nitrogens with zero attached hydrogens (tertiary/aromatic N) is 1. The summed E-state index contributed by atoms with van der Waals surface area (Å²) in [6.07, 6.45) is 5.00. The smallest absolute Gasteiger partial charge is 0.224 e. The molecule has 4 aromatic carbocycles. The molecule has 0 radical (unpaired) electrons. The van der Waals surface area contributed by atoms with Crippen molar-refractivity contribution in [3.8, 4) is 11.1 Å². The second-order valence-electron chi connectivity index (χ2n) is 14.1. The monoisotopic (exact) mass is 720 g/mol. The number of ether oxygens (including phenoxy) is 2. The Kier molecular flexibility index (Phi) is 13.6. The number of anilines is 2. The molecule has 2 aliphatic rings. The Morgan fingerprint density at radius 3 is 2.30 bits per heavy atom. The minimum Gasteiger partial charge on any atom is -0.397 e. The maximum Gasteiger partial charge on any atom is 0.224 e. The van der Waals surface area contributed by atoms with Crippen molar-refractivity contribution in [2.45, 2.75) is 89.1 Å². The Morgan fingerprint density at radius 1 is 0.792 bits per heavy atom. The number of hydrogen-bond donors (Lipinski definition) is 5. The lowest BCUT2D eigenvalue weighted by atomic mass is 9.98. The number of nitrogens with one attached hydrogen (secondary N) is 2. The first kappa shape index (κ1) is 38.2. The van der Waals surface area contributed by atoms with Gasteiger partial charge in [-0.15, -0.1) is 0 Å². The van der Waals surface area contributed by atoms with Crippen LogP contribution in [0.2, 0.25) is 0 Å². The lowest BCUT2D eigenvalue weighted by Gasteiger charge is -2.38. The molecule has 6 N–H and O–H groups in total. The second-order valence-corrected chi connectivity index (χ2v) is 14.1. The zero-order valence-electron chi connectivity index (χ0n) is 30.3. The number of nitrogens with two attached hydrogens (primary N) is 1. The van der Waals surface area contributed by atoms with Gasteiger partial charge in [0.05, 0.1) is 36.8 Å². The molecule has 2 fully saturated rings. The lowest BCUT2D eigenvalue weighted by molar-refractivity contribution is -0.253. The molecule has 0 spiro atoms. The molecule has 10 nitrogen and oxygen atoms in total. The van der Waals surface area contributed by atoms with Crippen LogP contribution in [0.4, 0.5) is 11.4 Å². The van der Waals surface area contributed by atoms with Crippen molar-refractivity contribution >= 4 is 23.2 Å². The first-order valence-electron chi connectivity index (χ1n) is 18.8. The van der Waals surface area contributed by atoms with E-state index in [-0.39, 0.29) is 43.3 Å². The first-order chi connectivity index (χ1) is 25.9. The minimum absolute atomic E-state index is 0.00147. The fourth-order valence-electron chi connectivity index (χ4n) is 7.19. The third kappa shape index (κ3) is 10.7. The predicted molar refractivity (Wildman–Crippen MR) is 206 cm³/mol. The summed E-state index contributed by atoms with van der Waals surface area (Å²) < 4.78 is 13.1. The van der Waals surface area contributed by atoms with E-state index in [9.17, 15) is 19.8 Å². The molecule has 53 heavy (non-hydrogen) atoms. The van der Waals surface area contributed by atoms with Crippen LogP contribution in [-0.4, -0.2) is 58.8 Å². The zero-order chi connectivity index (χ0) is 37.0. The van der Waals surface area contributed by atoms with Crippen LogP contribution in [0.25, 0.3) is 11.1 Å². The molecular formula is C43H52N4O6. The standard InChI is InChI=1S/C43H52N4O6/c44-38-11-4-5-12-39(38)46-42(51)14-3-1-2-13-41(50)45-26-31-8-6-9-35(24-31)32-19-21-34(22-20-32)43-52-37(27-47-23-7-10-36(47)29-49)25-40(53-43)33-17-15-30(28-48)16-18-33/h4-6,8-9,11-12,15-22,24,36-37,40,43,48-49H,1-3,7,10,13-14,23,25-29,44H2,(H,45,50)(H,46,51)/t36-,37-,40+,43+/m0/s1. The largest absolute Gasteiger partial charge is 0.397 e. The molecule has 4 aromatic rings. The van der Waals surface area contributed by atoms with Crippen molar-refractivity contribution in [3.63, 3.8) is 0 Å². The van der Waals surface area contributed by atoms with Gasteiger partial charge in [0.2, 0.25) is 11.8 Å². The first-order valence-corrected chi connectivity index (χ1v) is 18.8. The van der Waals surface area contributed by atoms with E-state index in [1.54, 1.807) is 12.1 Å². The van der Waals surface area contributed by atoms with E-state index in [0.717, 1.165) is 65.7 Å². The predicted octanol–water partition coefficient (Wildman–Crippen LogP) is 6.64. The zero-order valence-corrected chi connectivity index (χ0v) is 30.3. The molecular weight excluding hydrogens is 668 g/mol. The van der Waals surface area contributed by atoms with Crippen molar-refractivity contribution < 1.29 is 29.3 Å². The van der Waals surface area contributed by atoms with Crippen LogP contribution in [-0.2, 0) is 32.2 Å². The highest BCUT2D eigenvalue weighted by molar-refractivity contribution is 5.93. The van der Waals surface area contributed by atoms with Gasteiger partial charge in [0.25, 0.3) is 0 Å². The molecule has 280 valence electrons. The molecule has 6 rings (SSSR count). The van der Waals surface area contributed by atoms with Crippen LogP contribution in [0.15, 0.2) is 97.1 Å². The number of amides is 2. The van der Waals surface area contributed by atoms with Crippen molar-refractivity contribution in [3.05, 3.63) is 119 Å². The fourth-order valence-corrected chi connectivity index (χ4v) is 7.19. The lowest BCUT2D eigenvalue weighted by Crippen LogP contribution is -2.42. The van der Waals surface area contributed by atoms with Gasteiger partial charge in [-0.1, -0.05) is 85.3 Å². The SMILES string of the molecule is Nc1ccccc1NC(=O)CCCCCC(=O)NCc1cccc(-c2ccc([C@@H]3O[C@H](CN4CCC[C@H]4CO)C[C@H](c4ccc(CO)cc4)O3)cc2)c1. The summed E-state index contributed by atoms with van der Waals surface area (Å²) in [5.41, 5.74) is 13.0. The molecule has 0 bridgehead atoms. The molecule has 10 heteroatoms. The number of nitrogen functional groups attached to an aromatic ring is 1. The van der Waals surface area contributed by atoms with Gasteiger partial charge in [-0.2, -0.15) is 0 Å². The van der Waals surface area contributed by atoms with E-state index >= 15 is 0 Å². The highest BCUT2D eigenvalue weighted by atomic mass is 16.7. The number of unbranched alkanes of at least 4 members (excludes halogenated alkanes) is 2. The van der Waals surface area contributed by atoms with Gasteiger partial charge in [-0.05, 0) is 78.2 Å². The van der Waals surface area contributed by atoms with Gasteiger partial charge in [-0.25, -0.2) is 0 Å². The summed E-state index contributed by atoms with van der Waals surface area (Å²) in [6.45, 7) is 2.28. The Bertz CT molecular complexity index is 1780. The van der Waals surface area contributed by atoms with E-state index in [2.05, 4.69) is 51.9 Å². The summed E-state index contributed by atoms with van der Waals surface area (Å²) >= 11 is 0. The third-order valence-corrected chi connectivity index (χ3v) is 10.2.